The normalized spacial score (nSPS) is 14.0. The number of hydrogen-bond donors (Lipinski definition) is 1. The highest BCUT2D eigenvalue weighted by atomic mass is 127. The van der Waals surface area contributed by atoms with E-state index in [4.69, 9.17) is 4.74 Å². The number of nitrogens with zero attached hydrogens (tertiary/aromatic N) is 4. The van der Waals surface area contributed by atoms with Crippen molar-refractivity contribution in [3.63, 3.8) is 0 Å². The van der Waals surface area contributed by atoms with Crippen LogP contribution in [0.15, 0.2) is 84.0 Å². The van der Waals surface area contributed by atoms with Crippen molar-refractivity contribution in [3.05, 3.63) is 95.7 Å². The second-order valence-corrected chi connectivity index (χ2v) is 7.86. The van der Waals surface area contributed by atoms with Gasteiger partial charge in [-0.05, 0) is 28.8 Å². The van der Waals surface area contributed by atoms with Crippen molar-refractivity contribution in [1.82, 2.24) is 15.2 Å². The third-order valence-electron chi connectivity index (χ3n) is 5.62. The predicted octanol–water partition coefficient (Wildman–Crippen LogP) is 4.31. The molecule has 1 aliphatic rings. The molecular weight excluding hydrogens is 525 g/mol. The summed E-state index contributed by atoms with van der Waals surface area (Å²) in [5.74, 6) is 1.99. The van der Waals surface area contributed by atoms with E-state index in [1.54, 1.807) is 0 Å². The summed E-state index contributed by atoms with van der Waals surface area (Å²) in [7, 11) is 1.85. The van der Waals surface area contributed by atoms with E-state index in [1.165, 1.54) is 16.7 Å². The number of anilines is 1. The first-order valence-electron chi connectivity index (χ1n) is 11.1. The molecule has 2 aromatic carbocycles. The third kappa shape index (κ3) is 7.43. The number of guanidine groups is 1. The molecule has 4 rings (SSSR count). The maximum atomic E-state index is 5.83. The lowest BCUT2D eigenvalue weighted by Crippen LogP contribution is -2.52. The molecule has 0 spiro atoms. The summed E-state index contributed by atoms with van der Waals surface area (Å²) >= 11 is 0. The zero-order chi connectivity index (χ0) is 22.0. The van der Waals surface area contributed by atoms with Crippen LogP contribution in [0.5, 0.6) is 0 Å². The van der Waals surface area contributed by atoms with E-state index >= 15 is 0 Å². The van der Waals surface area contributed by atoms with Crippen molar-refractivity contribution in [2.45, 2.75) is 19.8 Å². The molecule has 7 heteroatoms. The summed E-state index contributed by atoms with van der Waals surface area (Å²) in [4.78, 5) is 13.6. The zero-order valence-corrected chi connectivity index (χ0v) is 21.4. The fourth-order valence-corrected chi connectivity index (χ4v) is 3.82. The van der Waals surface area contributed by atoms with E-state index in [1.807, 2.05) is 43.6 Å². The standard InChI is InChI=1S/C26H31N5O.HI/c1-27-26(31-17-15-30(16-18-31)25-9-5-6-14-28-25)29-19-22-10-12-24(13-11-22)21-32-20-23-7-3-2-4-8-23;/h2-14H,15-21H2,1H3,(H,27,29);1H. The van der Waals surface area contributed by atoms with E-state index in [0.29, 0.717) is 13.2 Å². The van der Waals surface area contributed by atoms with Crippen molar-refractivity contribution in [2.24, 2.45) is 4.99 Å². The van der Waals surface area contributed by atoms with Crippen LogP contribution in [0.3, 0.4) is 0 Å². The third-order valence-corrected chi connectivity index (χ3v) is 5.62. The van der Waals surface area contributed by atoms with E-state index in [-0.39, 0.29) is 24.0 Å². The minimum Gasteiger partial charge on any atom is -0.372 e. The van der Waals surface area contributed by atoms with Gasteiger partial charge in [0.25, 0.3) is 0 Å². The van der Waals surface area contributed by atoms with Crippen molar-refractivity contribution in [2.75, 3.05) is 38.1 Å². The molecule has 0 aliphatic carbocycles. The summed E-state index contributed by atoms with van der Waals surface area (Å²) < 4.78 is 5.83. The fraction of sp³-hybridized carbons (Fsp3) is 0.308. The van der Waals surface area contributed by atoms with Gasteiger partial charge in [0.05, 0.1) is 13.2 Å². The first kappa shape index (κ1) is 25.0. The summed E-state index contributed by atoms with van der Waals surface area (Å²) in [5, 5.41) is 3.50. The van der Waals surface area contributed by atoms with Crippen molar-refractivity contribution in [1.29, 1.82) is 0 Å². The van der Waals surface area contributed by atoms with Gasteiger partial charge in [0.2, 0.25) is 0 Å². The summed E-state index contributed by atoms with van der Waals surface area (Å²) in [5.41, 5.74) is 3.60. The molecule has 33 heavy (non-hydrogen) atoms. The van der Waals surface area contributed by atoms with Gasteiger partial charge in [0, 0.05) is 46.0 Å². The Bertz CT molecular complexity index is 975. The molecule has 1 aliphatic heterocycles. The lowest BCUT2D eigenvalue weighted by molar-refractivity contribution is 0.107. The summed E-state index contributed by atoms with van der Waals surface area (Å²) in [6.45, 7) is 5.73. The molecule has 1 fully saturated rings. The molecule has 0 atom stereocenters. The Morgan fingerprint density at radius 3 is 2.12 bits per heavy atom. The van der Waals surface area contributed by atoms with Crippen LogP contribution in [0.1, 0.15) is 16.7 Å². The zero-order valence-electron chi connectivity index (χ0n) is 19.1. The van der Waals surface area contributed by atoms with Gasteiger partial charge in [-0.15, -0.1) is 24.0 Å². The number of pyridine rings is 1. The Morgan fingerprint density at radius 2 is 1.48 bits per heavy atom. The molecule has 0 amide bonds. The number of halogens is 1. The number of nitrogens with one attached hydrogen (secondary N) is 1. The molecule has 6 nitrogen and oxygen atoms in total. The molecular formula is C26H32IN5O. The molecule has 1 N–H and O–H groups in total. The second-order valence-electron chi connectivity index (χ2n) is 7.86. The molecule has 0 saturated carbocycles. The minimum atomic E-state index is 0. The summed E-state index contributed by atoms with van der Waals surface area (Å²) in [6, 6.07) is 24.9. The number of aromatic nitrogens is 1. The maximum Gasteiger partial charge on any atom is 0.194 e. The molecule has 0 unspecified atom stereocenters. The second kappa shape index (κ2) is 13.2. The highest BCUT2D eigenvalue weighted by molar-refractivity contribution is 14.0. The number of piperazine rings is 1. The van der Waals surface area contributed by atoms with E-state index in [2.05, 4.69) is 67.6 Å². The van der Waals surface area contributed by atoms with Gasteiger partial charge in [-0.25, -0.2) is 4.98 Å². The maximum absolute atomic E-state index is 5.83. The van der Waals surface area contributed by atoms with E-state index in [0.717, 1.165) is 44.5 Å². The Kier molecular flexibility index (Phi) is 9.96. The topological polar surface area (TPSA) is 53.0 Å². The van der Waals surface area contributed by atoms with Crippen LogP contribution >= 0.6 is 24.0 Å². The van der Waals surface area contributed by atoms with Crippen LogP contribution in [0.4, 0.5) is 5.82 Å². The van der Waals surface area contributed by atoms with Crippen LogP contribution in [0, 0.1) is 0 Å². The van der Waals surface area contributed by atoms with Crippen LogP contribution in [0.25, 0.3) is 0 Å². The monoisotopic (exact) mass is 557 g/mol. The van der Waals surface area contributed by atoms with Crippen LogP contribution in [-0.4, -0.2) is 49.1 Å². The minimum absolute atomic E-state index is 0. The van der Waals surface area contributed by atoms with Crippen LogP contribution in [0.2, 0.25) is 0 Å². The molecule has 0 bridgehead atoms. The molecule has 174 valence electrons. The number of rotatable bonds is 7. The predicted molar refractivity (Wildman–Crippen MR) is 145 cm³/mol. The average molecular weight is 557 g/mol. The van der Waals surface area contributed by atoms with Gasteiger partial charge in [0.15, 0.2) is 5.96 Å². The number of benzene rings is 2. The number of ether oxygens (including phenoxy) is 1. The van der Waals surface area contributed by atoms with Crippen LogP contribution < -0.4 is 10.2 Å². The van der Waals surface area contributed by atoms with Gasteiger partial charge in [-0.1, -0.05) is 60.7 Å². The van der Waals surface area contributed by atoms with Gasteiger partial charge < -0.3 is 19.9 Å². The lowest BCUT2D eigenvalue weighted by Gasteiger charge is -2.37. The smallest absolute Gasteiger partial charge is 0.194 e. The Balaban J connectivity index is 0.00000306. The highest BCUT2D eigenvalue weighted by Crippen LogP contribution is 2.13. The average Bonchev–Trinajstić information content (AvgIpc) is 2.87. The molecule has 0 radical (unpaired) electrons. The molecule has 1 aromatic heterocycles. The Hall–Kier alpha value is -2.65. The Morgan fingerprint density at radius 1 is 0.848 bits per heavy atom. The highest BCUT2D eigenvalue weighted by Gasteiger charge is 2.20. The molecule has 2 heterocycles. The first-order valence-corrected chi connectivity index (χ1v) is 11.1. The van der Waals surface area contributed by atoms with Gasteiger partial charge in [-0.3, -0.25) is 4.99 Å². The molecule has 3 aromatic rings. The largest absolute Gasteiger partial charge is 0.372 e. The number of hydrogen-bond acceptors (Lipinski definition) is 4. The fourth-order valence-electron chi connectivity index (χ4n) is 3.82. The summed E-state index contributed by atoms with van der Waals surface area (Å²) in [6.07, 6.45) is 1.85. The van der Waals surface area contributed by atoms with Crippen molar-refractivity contribution >= 4 is 35.8 Å². The van der Waals surface area contributed by atoms with Crippen molar-refractivity contribution in [3.8, 4) is 0 Å². The SMILES string of the molecule is CN=C(NCc1ccc(COCc2ccccc2)cc1)N1CCN(c2ccccn2)CC1.I. The quantitative estimate of drug-likeness (QED) is 0.267. The van der Waals surface area contributed by atoms with Gasteiger partial charge in [-0.2, -0.15) is 0 Å². The van der Waals surface area contributed by atoms with E-state index < -0.39 is 0 Å². The van der Waals surface area contributed by atoms with Crippen LogP contribution in [-0.2, 0) is 24.5 Å². The lowest BCUT2D eigenvalue weighted by atomic mass is 10.1. The van der Waals surface area contributed by atoms with Gasteiger partial charge >= 0.3 is 0 Å². The Labute approximate surface area is 213 Å². The molecule has 1 saturated heterocycles. The first-order chi connectivity index (χ1) is 15.8. The van der Waals surface area contributed by atoms with Gasteiger partial charge in [0.1, 0.15) is 5.82 Å². The number of aliphatic imine (C=N–C) groups is 1. The van der Waals surface area contributed by atoms with E-state index in [9.17, 15) is 0 Å². The van der Waals surface area contributed by atoms with Crippen molar-refractivity contribution < 1.29 is 4.74 Å².